The number of thioether (sulfide) groups is 1. The van der Waals surface area contributed by atoms with Gasteiger partial charge < -0.3 is 5.11 Å². The van der Waals surface area contributed by atoms with E-state index in [0.717, 1.165) is 22.5 Å². The summed E-state index contributed by atoms with van der Waals surface area (Å²) in [5.74, 6) is -1.43. The summed E-state index contributed by atoms with van der Waals surface area (Å²) in [6.45, 7) is 1.22. The molecule has 0 spiro atoms. The number of hydrogen-bond acceptors (Lipinski definition) is 9. The Labute approximate surface area is 188 Å². The first-order valence-electron chi connectivity index (χ1n) is 9.30. The lowest BCUT2D eigenvalue weighted by molar-refractivity contribution is -0.763. The molecule has 1 aromatic heterocycles. The number of aromatic hydroxyl groups is 1. The van der Waals surface area contributed by atoms with E-state index >= 15 is 0 Å². The summed E-state index contributed by atoms with van der Waals surface area (Å²) < 4.78 is 1.14. The molecule has 2 N–H and O–H groups in total. The van der Waals surface area contributed by atoms with Crippen molar-refractivity contribution in [1.82, 2.24) is 10.1 Å². The fourth-order valence-electron chi connectivity index (χ4n) is 3.75. The summed E-state index contributed by atoms with van der Waals surface area (Å²) in [4.78, 5) is 50.7. The Bertz CT molecular complexity index is 1410. The number of non-ortho nitro benzene ring substituents is 1. The number of nitro groups is 2. The van der Waals surface area contributed by atoms with E-state index in [2.05, 4.69) is 10.1 Å². The second-order valence-corrected chi connectivity index (χ2v) is 7.75. The molecular weight excluding hydrogens is 456 g/mol. The molecule has 0 saturated heterocycles. The minimum atomic E-state index is -1.42. The Hall–Kier alpha value is -4.33. The van der Waals surface area contributed by atoms with Crippen LogP contribution in [0.25, 0.3) is 11.3 Å². The standard InChI is InChI=1S/C19H14N6O7S/c1-9(26)22-13-6-4-3-5-11(13)15-17(28)20-19(33-2)21-23(15)18(22)12-7-10(24(29)30)8-14(16(12)27)25(31)32/h3-8,18H,1-2H3,(H-,20,21,27,28)/p+1/t18-/m1/s1. The highest BCUT2D eigenvalue weighted by molar-refractivity contribution is 7.98. The maximum absolute atomic E-state index is 13.0. The van der Waals surface area contributed by atoms with E-state index in [0.29, 0.717) is 11.6 Å². The first-order valence-corrected chi connectivity index (χ1v) is 10.5. The van der Waals surface area contributed by atoms with Crippen molar-refractivity contribution >= 4 is 34.7 Å². The number of rotatable bonds is 4. The molecule has 3 aromatic rings. The van der Waals surface area contributed by atoms with Gasteiger partial charge in [0, 0.05) is 18.1 Å². The van der Waals surface area contributed by atoms with Crippen molar-refractivity contribution in [2.45, 2.75) is 18.2 Å². The van der Waals surface area contributed by atoms with Crippen molar-refractivity contribution in [3.63, 3.8) is 0 Å². The number of carbonyl (C=O) groups excluding carboxylic acids is 1. The molecule has 1 aliphatic rings. The van der Waals surface area contributed by atoms with Gasteiger partial charge in [-0.05, 0) is 23.1 Å². The zero-order valence-electron chi connectivity index (χ0n) is 17.1. The highest BCUT2D eigenvalue weighted by Crippen LogP contribution is 2.43. The molecular formula is C19H15N6O7S+. The average Bonchev–Trinajstić information content (AvgIpc) is 2.77. The highest BCUT2D eigenvalue weighted by Gasteiger charge is 2.47. The maximum atomic E-state index is 13.0. The van der Waals surface area contributed by atoms with Gasteiger partial charge in [-0.1, -0.05) is 23.9 Å². The fourth-order valence-corrected chi connectivity index (χ4v) is 4.12. The summed E-state index contributed by atoms with van der Waals surface area (Å²) in [6, 6.07) is 7.97. The topological polar surface area (TPSA) is 176 Å². The highest BCUT2D eigenvalue weighted by atomic mass is 32.2. The van der Waals surface area contributed by atoms with Crippen molar-refractivity contribution in [3.05, 3.63) is 72.5 Å². The van der Waals surface area contributed by atoms with Crippen LogP contribution in [0, 0.1) is 20.2 Å². The second-order valence-electron chi connectivity index (χ2n) is 6.95. The molecule has 0 saturated carbocycles. The van der Waals surface area contributed by atoms with Crippen molar-refractivity contribution in [3.8, 4) is 17.0 Å². The summed E-state index contributed by atoms with van der Waals surface area (Å²) >= 11 is 1.09. The molecule has 1 amide bonds. The zero-order chi connectivity index (χ0) is 24.0. The number of nitrogens with zero attached hydrogens (tertiary/aromatic N) is 5. The second kappa shape index (κ2) is 7.98. The van der Waals surface area contributed by atoms with Crippen LogP contribution < -0.4 is 15.1 Å². The lowest BCUT2D eigenvalue weighted by Crippen LogP contribution is -2.60. The van der Waals surface area contributed by atoms with Gasteiger partial charge in [0.1, 0.15) is 5.56 Å². The molecule has 33 heavy (non-hydrogen) atoms. The Kier molecular flexibility index (Phi) is 5.29. The smallest absolute Gasteiger partial charge is 0.325 e. The number of nitro benzene ring substituents is 2. The van der Waals surface area contributed by atoms with Crippen LogP contribution in [0.4, 0.5) is 17.1 Å². The molecule has 1 atom stereocenters. The monoisotopic (exact) mass is 471 g/mol. The van der Waals surface area contributed by atoms with Crippen LogP contribution in [0.2, 0.25) is 0 Å². The minimum Gasteiger partial charge on any atom is -0.502 e. The molecule has 2 heterocycles. The van der Waals surface area contributed by atoms with Crippen LogP contribution in [0.15, 0.2) is 46.3 Å². The third-order valence-corrected chi connectivity index (χ3v) is 5.65. The van der Waals surface area contributed by atoms with Crippen LogP contribution >= 0.6 is 11.8 Å². The summed E-state index contributed by atoms with van der Waals surface area (Å²) in [7, 11) is 0. The van der Waals surface area contributed by atoms with E-state index in [1.54, 1.807) is 30.5 Å². The predicted octanol–water partition coefficient (Wildman–Crippen LogP) is 1.88. The van der Waals surface area contributed by atoms with Gasteiger partial charge in [0.15, 0.2) is 0 Å². The Morgan fingerprint density at radius 2 is 1.94 bits per heavy atom. The quantitative estimate of drug-likeness (QED) is 0.249. The SMILES string of the molecule is CSc1n[n+]2c(c(=O)[nH]1)-c1ccccc1N(C(C)=O)[C@H]2c1cc([N+](=O)[O-])cc([N+](=O)[O-])c1O. The largest absolute Gasteiger partial charge is 0.502 e. The number of aromatic nitrogens is 3. The molecule has 0 fully saturated rings. The first-order chi connectivity index (χ1) is 15.6. The lowest BCUT2D eigenvalue weighted by atomic mass is 10.00. The number of H-pyrrole nitrogens is 1. The Balaban J connectivity index is 2.16. The van der Waals surface area contributed by atoms with Gasteiger partial charge in [-0.25, -0.2) is 4.90 Å². The number of carbonyl (C=O) groups is 1. The van der Waals surface area contributed by atoms with Gasteiger partial charge in [0.2, 0.25) is 16.8 Å². The molecule has 0 unspecified atom stereocenters. The third-order valence-electron chi connectivity index (χ3n) is 5.08. The first kappa shape index (κ1) is 21.9. The molecule has 1 aliphatic heterocycles. The Morgan fingerprint density at radius 3 is 2.55 bits per heavy atom. The van der Waals surface area contributed by atoms with Crippen molar-refractivity contribution in [1.29, 1.82) is 0 Å². The molecule has 0 bridgehead atoms. The zero-order valence-corrected chi connectivity index (χ0v) is 17.9. The number of anilines is 1. The van der Waals surface area contributed by atoms with E-state index in [1.807, 2.05) is 0 Å². The van der Waals surface area contributed by atoms with Crippen LogP contribution in [-0.4, -0.2) is 37.2 Å². The van der Waals surface area contributed by atoms with Crippen LogP contribution in [0.5, 0.6) is 5.75 Å². The lowest BCUT2D eigenvalue weighted by Gasteiger charge is -2.31. The molecule has 14 heteroatoms. The number of phenols is 1. The number of hydrogen-bond donors (Lipinski definition) is 2. The number of phenolic OH excluding ortho intramolecular Hbond substituents is 1. The molecule has 2 aromatic carbocycles. The number of amides is 1. The van der Waals surface area contributed by atoms with E-state index in [9.17, 15) is 34.9 Å². The molecule has 4 rings (SSSR count). The summed E-state index contributed by atoms with van der Waals surface area (Å²) in [6.07, 6.45) is 0.231. The summed E-state index contributed by atoms with van der Waals surface area (Å²) in [5.41, 5.74) is -1.85. The number of fused-ring (bicyclic) bond motifs is 3. The molecule has 168 valence electrons. The van der Waals surface area contributed by atoms with Crippen molar-refractivity contribution in [2.75, 3.05) is 11.2 Å². The molecule has 0 aliphatic carbocycles. The molecule has 0 radical (unpaired) electrons. The van der Waals surface area contributed by atoms with E-state index in [1.165, 1.54) is 11.8 Å². The van der Waals surface area contributed by atoms with Gasteiger partial charge in [0.05, 0.1) is 27.2 Å². The van der Waals surface area contributed by atoms with Crippen molar-refractivity contribution in [2.24, 2.45) is 0 Å². The number of nitrogens with one attached hydrogen (secondary N) is 1. The van der Waals surface area contributed by atoms with Gasteiger partial charge in [-0.3, -0.25) is 34.8 Å². The minimum absolute atomic E-state index is 0.0134. The van der Waals surface area contributed by atoms with E-state index < -0.39 is 44.6 Å². The van der Waals surface area contributed by atoms with Crippen molar-refractivity contribution < 1.29 is 24.4 Å². The number of benzene rings is 2. The molecule has 13 nitrogen and oxygen atoms in total. The normalized spacial score (nSPS) is 14.4. The number of para-hydroxylation sites is 1. The average molecular weight is 471 g/mol. The van der Waals surface area contributed by atoms with Gasteiger partial charge in [-0.15, -0.1) is 0 Å². The van der Waals surface area contributed by atoms with E-state index in [4.69, 9.17) is 0 Å². The van der Waals surface area contributed by atoms with Crippen LogP contribution in [0.3, 0.4) is 0 Å². The maximum Gasteiger partial charge on any atom is 0.325 e. The van der Waals surface area contributed by atoms with Gasteiger partial charge in [0.25, 0.3) is 11.9 Å². The Morgan fingerprint density at radius 1 is 1.24 bits per heavy atom. The van der Waals surface area contributed by atoms with Crippen LogP contribution in [-0.2, 0) is 4.79 Å². The van der Waals surface area contributed by atoms with Gasteiger partial charge >= 0.3 is 16.9 Å². The predicted molar refractivity (Wildman–Crippen MR) is 115 cm³/mol. The van der Waals surface area contributed by atoms with Crippen LogP contribution in [0.1, 0.15) is 18.7 Å². The van der Waals surface area contributed by atoms with E-state index in [-0.39, 0.29) is 22.1 Å². The summed E-state index contributed by atoms with van der Waals surface area (Å²) in [5, 5.41) is 38.2. The van der Waals surface area contributed by atoms with Gasteiger partial charge in [-0.2, -0.15) is 0 Å². The number of aromatic amines is 1. The fraction of sp³-hybridized carbons (Fsp3) is 0.158. The third kappa shape index (κ3) is 3.45.